The quantitative estimate of drug-likeness (QED) is 0.825. The van der Waals surface area contributed by atoms with Gasteiger partial charge in [-0.1, -0.05) is 12.2 Å². The van der Waals surface area contributed by atoms with Gasteiger partial charge in [-0.15, -0.1) is 11.3 Å². The number of methoxy groups -OCH3 is 1. The lowest BCUT2D eigenvalue weighted by molar-refractivity contribution is -0.123. The minimum atomic E-state index is -0.398. The van der Waals surface area contributed by atoms with Crippen molar-refractivity contribution < 1.29 is 14.3 Å². The lowest BCUT2D eigenvalue weighted by atomic mass is 9.77. The number of carbonyl (C=O) groups excluding carboxylic acids is 2. The maximum absolute atomic E-state index is 12.9. The van der Waals surface area contributed by atoms with Gasteiger partial charge < -0.3 is 15.0 Å². The van der Waals surface area contributed by atoms with E-state index < -0.39 is 6.09 Å². The first-order valence-corrected chi connectivity index (χ1v) is 9.32. The number of amides is 2. The number of nitrogens with one attached hydrogen (secondary N) is 1. The molecule has 3 unspecified atom stereocenters. The number of anilines is 1. The number of carbonyl (C=O) groups is 2. The molecule has 6 nitrogen and oxygen atoms in total. The monoisotopic (exact) mass is 357 g/mol. The Morgan fingerprint density at radius 3 is 2.96 bits per heavy atom. The van der Waals surface area contributed by atoms with Crippen molar-refractivity contribution in [2.45, 2.75) is 31.7 Å². The van der Waals surface area contributed by atoms with Crippen molar-refractivity contribution in [3.05, 3.63) is 28.2 Å². The predicted molar refractivity (Wildman–Crippen MR) is 93.3 cm³/mol. The molecule has 130 valence electrons. The van der Waals surface area contributed by atoms with Gasteiger partial charge in [0.2, 0.25) is 5.91 Å². The first kappa shape index (κ1) is 16.2. The van der Waals surface area contributed by atoms with Crippen LogP contribution in [0.4, 0.5) is 9.80 Å². The zero-order valence-electron chi connectivity index (χ0n) is 13.9. The van der Waals surface area contributed by atoms with E-state index in [1.807, 2.05) is 6.08 Å². The van der Waals surface area contributed by atoms with Gasteiger partial charge in [-0.05, 0) is 37.2 Å². The second kappa shape index (κ2) is 6.19. The number of aryl methyl sites for hydroxylation is 1. The number of thiophene rings is 1. The minimum Gasteiger partial charge on any atom is -0.453 e. The smallest absolute Gasteiger partial charge is 0.410 e. The summed E-state index contributed by atoms with van der Waals surface area (Å²) in [5.41, 5.74) is 1.72. The molecule has 5 rings (SSSR count). The topological polar surface area (TPSA) is 82.4 Å². The summed E-state index contributed by atoms with van der Waals surface area (Å²) < 4.78 is 4.85. The van der Waals surface area contributed by atoms with Gasteiger partial charge in [0.05, 0.1) is 24.6 Å². The molecule has 1 aromatic heterocycles. The Kier molecular flexibility index (Phi) is 4.00. The molecule has 3 atom stereocenters. The van der Waals surface area contributed by atoms with Gasteiger partial charge in [0.1, 0.15) is 11.1 Å². The van der Waals surface area contributed by atoms with Gasteiger partial charge in [0.25, 0.3) is 0 Å². The molecule has 1 saturated heterocycles. The highest BCUT2D eigenvalue weighted by Gasteiger charge is 2.44. The van der Waals surface area contributed by atoms with E-state index in [4.69, 9.17) is 4.74 Å². The molecule has 7 heteroatoms. The van der Waals surface area contributed by atoms with Gasteiger partial charge >= 0.3 is 6.09 Å². The Bertz CT molecular complexity index is 807. The Balaban J connectivity index is 1.55. The van der Waals surface area contributed by atoms with Crippen LogP contribution in [0.5, 0.6) is 0 Å². The molecule has 25 heavy (non-hydrogen) atoms. The normalized spacial score (nSPS) is 26.2. The van der Waals surface area contributed by atoms with Crippen molar-refractivity contribution >= 4 is 28.3 Å². The first-order valence-electron chi connectivity index (χ1n) is 8.50. The zero-order valence-corrected chi connectivity index (χ0v) is 14.8. The zero-order chi connectivity index (χ0) is 17.6. The van der Waals surface area contributed by atoms with E-state index in [2.05, 4.69) is 17.5 Å². The number of rotatable bonds is 2. The molecule has 3 heterocycles. The van der Waals surface area contributed by atoms with E-state index in [-0.39, 0.29) is 23.8 Å². The van der Waals surface area contributed by atoms with Crippen LogP contribution in [0.15, 0.2) is 12.2 Å². The van der Waals surface area contributed by atoms with Gasteiger partial charge in [-0.3, -0.25) is 4.79 Å². The molecule has 1 N–H and O–H groups in total. The minimum absolute atomic E-state index is 0.121. The van der Waals surface area contributed by atoms with Crippen molar-refractivity contribution in [2.75, 3.05) is 19.0 Å². The fourth-order valence-electron chi connectivity index (χ4n) is 4.17. The van der Waals surface area contributed by atoms with Crippen molar-refractivity contribution in [3.8, 4) is 6.07 Å². The van der Waals surface area contributed by atoms with Crippen LogP contribution in [-0.4, -0.2) is 36.6 Å². The van der Waals surface area contributed by atoms with Crippen LogP contribution in [0, 0.1) is 23.2 Å². The molecule has 0 aromatic carbocycles. The highest BCUT2D eigenvalue weighted by Crippen LogP contribution is 2.40. The fourth-order valence-corrected chi connectivity index (χ4v) is 5.41. The van der Waals surface area contributed by atoms with E-state index in [0.29, 0.717) is 23.5 Å². The molecule has 2 bridgehead atoms. The molecule has 0 spiro atoms. The molecule has 1 aromatic rings. The van der Waals surface area contributed by atoms with E-state index in [9.17, 15) is 14.9 Å². The third-order valence-electron chi connectivity index (χ3n) is 5.36. The van der Waals surface area contributed by atoms with Crippen LogP contribution in [0.2, 0.25) is 0 Å². The van der Waals surface area contributed by atoms with Gasteiger partial charge in [-0.2, -0.15) is 5.26 Å². The highest BCUT2D eigenvalue weighted by atomic mass is 32.1. The molecule has 2 amide bonds. The molecule has 1 fully saturated rings. The summed E-state index contributed by atoms with van der Waals surface area (Å²) in [5, 5.41) is 13.1. The standard InChI is InChI=1S/C18H19N3O3S/c1-24-18(23)21-9-10-5-6-14(21)12(7-10)16(22)20-17-13(8-19)11-3-2-4-15(11)25-17/h5-6,10,12,14H,2-4,7,9H2,1H3,(H,20,22). The fraction of sp³-hybridized carbons (Fsp3) is 0.500. The summed E-state index contributed by atoms with van der Waals surface area (Å²) in [7, 11) is 1.36. The van der Waals surface area contributed by atoms with Crippen LogP contribution in [-0.2, 0) is 22.4 Å². The third kappa shape index (κ3) is 2.61. The SMILES string of the molecule is COC(=O)N1CC2C=CC1C(C(=O)Nc1sc3c(c1C#N)CCC3)C2. The number of hydrogen-bond acceptors (Lipinski definition) is 5. The first-order chi connectivity index (χ1) is 12.1. The van der Waals surface area contributed by atoms with Gasteiger partial charge in [0, 0.05) is 11.4 Å². The Morgan fingerprint density at radius 1 is 1.40 bits per heavy atom. The maximum Gasteiger partial charge on any atom is 0.410 e. The van der Waals surface area contributed by atoms with Gasteiger partial charge in [0.15, 0.2) is 0 Å². The summed E-state index contributed by atoms with van der Waals surface area (Å²) in [6.45, 7) is 0.592. The third-order valence-corrected chi connectivity index (χ3v) is 6.56. The molecule has 2 aliphatic carbocycles. The Labute approximate surface area is 150 Å². The molecular formula is C18H19N3O3S. The van der Waals surface area contributed by atoms with Crippen LogP contribution in [0.1, 0.15) is 28.8 Å². The number of fused-ring (bicyclic) bond motifs is 3. The average molecular weight is 357 g/mol. The molecule has 0 radical (unpaired) electrons. The van der Waals surface area contributed by atoms with Crippen LogP contribution in [0.25, 0.3) is 0 Å². The number of nitrogens with zero attached hydrogens (tertiary/aromatic N) is 2. The molecule has 2 aliphatic heterocycles. The lowest BCUT2D eigenvalue weighted by Crippen LogP contribution is -2.55. The summed E-state index contributed by atoms with van der Waals surface area (Å²) in [4.78, 5) is 27.7. The second-order valence-corrected chi connectivity index (χ2v) is 7.87. The predicted octanol–water partition coefficient (Wildman–Crippen LogP) is 2.69. The lowest BCUT2D eigenvalue weighted by Gasteiger charge is -2.44. The summed E-state index contributed by atoms with van der Waals surface area (Å²) in [5.74, 6) is -0.265. The summed E-state index contributed by atoms with van der Waals surface area (Å²) in [6, 6.07) is 1.97. The number of ether oxygens (including phenoxy) is 1. The number of hydrogen-bond donors (Lipinski definition) is 1. The van der Waals surface area contributed by atoms with E-state index in [0.717, 1.165) is 24.8 Å². The number of nitriles is 1. The molecule has 4 aliphatic rings. The highest BCUT2D eigenvalue weighted by molar-refractivity contribution is 7.16. The largest absolute Gasteiger partial charge is 0.453 e. The van der Waals surface area contributed by atoms with Crippen LogP contribution < -0.4 is 5.32 Å². The van der Waals surface area contributed by atoms with Crippen LogP contribution in [0.3, 0.4) is 0 Å². The van der Waals surface area contributed by atoms with E-state index in [1.54, 1.807) is 4.90 Å². The molecular weight excluding hydrogens is 338 g/mol. The Hall–Kier alpha value is -2.33. The van der Waals surface area contributed by atoms with Crippen molar-refractivity contribution in [1.29, 1.82) is 5.26 Å². The van der Waals surface area contributed by atoms with Gasteiger partial charge in [-0.25, -0.2) is 4.79 Å². The Morgan fingerprint density at radius 2 is 2.24 bits per heavy atom. The van der Waals surface area contributed by atoms with Crippen molar-refractivity contribution in [1.82, 2.24) is 4.90 Å². The van der Waals surface area contributed by atoms with Crippen molar-refractivity contribution in [2.24, 2.45) is 11.8 Å². The van der Waals surface area contributed by atoms with E-state index in [1.165, 1.54) is 23.3 Å². The second-order valence-electron chi connectivity index (χ2n) is 6.76. The van der Waals surface area contributed by atoms with Crippen molar-refractivity contribution in [3.63, 3.8) is 0 Å². The molecule has 0 saturated carbocycles. The maximum atomic E-state index is 12.9. The summed E-state index contributed by atoms with van der Waals surface area (Å²) >= 11 is 1.52. The number of piperidine rings is 1. The van der Waals surface area contributed by atoms with Crippen LogP contribution >= 0.6 is 11.3 Å². The average Bonchev–Trinajstić information content (AvgIpc) is 3.21. The summed E-state index contributed by atoms with van der Waals surface area (Å²) in [6.07, 6.45) is 7.30. The van der Waals surface area contributed by atoms with E-state index >= 15 is 0 Å².